The lowest BCUT2D eigenvalue weighted by molar-refractivity contribution is -0.131. The molecule has 0 spiro atoms. The Bertz CT molecular complexity index is 616. The summed E-state index contributed by atoms with van der Waals surface area (Å²) in [7, 11) is -3.47. The molecule has 1 fully saturated rings. The first-order valence-corrected chi connectivity index (χ1v) is 7.95. The van der Waals surface area contributed by atoms with Crippen molar-refractivity contribution in [3.05, 3.63) is 35.9 Å². The van der Waals surface area contributed by atoms with Crippen LogP contribution < -0.4 is 0 Å². The van der Waals surface area contributed by atoms with E-state index >= 15 is 0 Å². The van der Waals surface area contributed by atoms with Crippen molar-refractivity contribution in [2.45, 2.75) is 24.2 Å². The fraction of sp³-hybridized carbons (Fsp3) is 0.357. The number of carboxylic acids is 1. The lowest BCUT2D eigenvalue weighted by atomic mass is 10.2. The molecule has 1 aliphatic heterocycles. The average Bonchev–Trinajstić information content (AvgIpc) is 2.46. The summed E-state index contributed by atoms with van der Waals surface area (Å²) in [4.78, 5) is 10.7. The Kier molecular flexibility index (Phi) is 4.57. The number of piperidine rings is 1. The van der Waals surface area contributed by atoms with Gasteiger partial charge in [0, 0.05) is 19.2 Å². The maximum atomic E-state index is 12.5. The molecule has 0 saturated carbocycles. The third kappa shape index (κ3) is 3.46. The van der Waals surface area contributed by atoms with E-state index in [1.165, 1.54) is 16.4 Å². The number of hydrogen-bond donors (Lipinski definition) is 1. The van der Waals surface area contributed by atoms with Crippen LogP contribution in [0.3, 0.4) is 0 Å². The van der Waals surface area contributed by atoms with Crippen molar-refractivity contribution in [3.8, 4) is 0 Å². The van der Waals surface area contributed by atoms with Crippen molar-refractivity contribution in [1.29, 1.82) is 0 Å². The van der Waals surface area contributed by atoms with Crippen molar-refractivity contribution >= 4 is 22.1 Å². The molecule has 0 bridgehead atoms. The van der Waals surface area contributed by atoms with E-state index in [1.807, 2.05) is 0 Å². The molecule has 0 amide bonds. The van der Waals surface area contributed by atoms with Gasteiger partial charge < -0.3 is 5.11 Å². The van der Waals surface area contributed by atoms with Crippen LogP contribution in [0.2, 0.25) is 0 Å². The molecule has 6 heteroatoms. The van der Waals surface area contributed by atoms with E-state index in [0.29, 0.717) is 18.7 Å². The SMILES string of the molecule is O=C(O)C=Cc1cccc(S(=O)(=O)N2CCCCC2)c1. The number of hydrogen-bond acceptors (Lipinski definition) is 3. The second-order valence-electron chi connectivity index (χ2n) is 4.71. The minimum atomic E-state index is -3.47. The maximum absolute atomic E-state index is 12.5. The summed E-state index contributed by atoms with van der Waals surface area (Å²) in [5, 5.41) is 8.59. The van der Waals surface area contributed by atoms with Crippen LogP contribution in [0.4, 0.5) is 0 Å². The van der Waals surface area contributed by atoms with Gasteiger partial charge in [0.2, 0.25) is 10.0 Å². The molecule has 20 heavy (non-hydrogen) atoms. The highest BCUT2D eigenvalue weighted by molar-refractivity contribution is 7.89. The number of aliphatic carboxylic acids is 1. The number of carbonyl (C=O) groups is 1. The molecular formula is C14H17NO4S. The molecule has 1 saturated heterocycles. The smallest absolute Gasteiger partial charge is 0.328 e. The van der Waals surface area contributed by atoms with Crippen molar-refractivity contribution in [3.63, 3.8) is 0 Å². The molecule has 5 nitrogen and oxygen atoms in total. The van der Waals surface area contributed by atoms with Gasteiger partial charge in [-0.1, -0.05) is 18.6 Å². The second kappa shape index (κ2) is 6.19. The van der Waals surface area contributed by atoms with Crippen molar-refractivity contribution in [2.24, 2.45) is 0 Å². The summed E-state index contributed by atoms with van der Waals surface area (Å²) in [6.07, 6.45) is 5.22. The first kappa shape index (κ1) is 14.7. The standard InChI is InChI=1S/C14H17NO4S/c16-14(17)8-7-12-5-4-6-13(11-12)20(18,19)15-9-2-1-3-10-15/h4-8,11H,1-3,9-10H2,(H,16,17). The molecule has 1 heterocycles. The number of nitrogens with zero attached hydrogens (tertiary/aromatic N) is 1. The lowest BCUT2D eigenvalue weighted by Crippen LogP contribution is -2.35. The zero-order chi connectivity index (χ0) is 14.6. The summed E-state index contributed by atoms with van der Waals surface area (Å²) < 4.78 is 26.4. The van der Waals surface area contributed by atoms with E-state index in [0.717, 1.165) is 25.3 Å². The molecule has 0 radical (unpaired) electrons. The third-order valence-electron chi connectivity index (χ3n) is 3.23. The largest absolute Gasteiger partial charge is 0.478 e. The van der Waals surface area contributed by atoms with E-state index < -0.39 is 16.0 Å². The van der Waals surface area contributed by atoms with E-state index in [2.05, 4.69) is 0 Å². The molecule has 1 aromatic carbocycles. The molecule has 0 atom stereocenters. The first-order chi connectivity index (χ1) is 9.50. The van der Waals surface area contributed by atoms with Crippen LogP contribution >= 0.6 is 0 Å². The quantitative estimate of drug-likeness (QED) is 0.862. The molecule has 1 aliphatic rings. The van der Waals surface area contributed by atoms with Gasteiger partial charge >= 0.3 is 5.97 Å². The lowest BCUT2D eigenvalue weighted by Gasteiger charge is -2.25. The number of rotatable bonds is 4. The van der Waals surface area contributed by atoms with E-state index in [4.69, 9.17) is 5.11 Å². The fourth-order valence-corrected chi connectivity index (χ4v) is 3.77. The van der Waals surface area contributed by atoms with E-state index in [1.54, 1.807) is 18.2 Å². The van der Waals surface area contributed by atoms with Gasteiger partial charge in [0.15, 0.2) is 0 Å². The second-order valence-corrected chi connectivity index (χ2v) is 6.65. The Hall–Kier alpha value is -1.66. The van der Waals surface area contributed by atoms with Gasteiger partial charge in [0.1, 0.15) is 0 Å². The van der Waals surface area contributed by atoms with Gasteiger partial charge in [-0.25, -0.2) is 13.2 Å². The highest BCUT2D eigenvalue weighted by atomic mass is 32.2. The molecule has 1 aromatic rings. The fourth-order valence-electron chi connectivity index (χ4n) is 2.20. The van der Waals surface area contributed by atoms with Gasteiger partial charge in [-0.2, -0.15) is 4.31 Å². The van der Waals surface area contributed by atoms with Gasteiger partial charge in [-0.05, 0) is 36.6 Å². The minimum Gasteiger partial charge on any atom is -0.478 e. The Labute approximate surface area is 118 Å². The van der Waals surface area contributed by atoms with Crippen LogP contribution in [0.25, 0.3) is 6.08 Å². The molecule has 0 aliphatic carbocycles. The van der Waals surface area contributed by atoms with Crippen LogP contribution in [0, 0.1) is 0 Å². The summed E-state index contributed by atoms with van der Waals surface area (Å²) in [6, 6.07) is 6.35. The minimum absolute atomic E-state index is 0.215. The van der Waals surface area contributed by atoms with Crippen LogP contribution in [0.15, 0.2) is 35.2 Å². The van der Waals surface area contributed by atoms with Gasteiger partial charge in [-0.15, -0.1) is 0 Å². The maximum Gasteiger partial charge on any atom is 0.328 e. The highest BCUT2D eigenvalue weighted by Gasteiger charge is 2.25. The molecular weight excluding hydrogens is 278 g/mol. The van der Waals surface area contributed by atoms with Crippen molar-refractivity contribution < 1.29 is 18.3 Å². The molecule has 2 rings (SSSR count). The van der Waals surface area contributed by atoms with Crippen LogP contribution in [0.5, 0.6) is 0 Å². The first-order valence-electron chi connectivity index (χ1n) is 6.51. The van der Waals surface area contributed by atoms with Crippen molar-refractivity contribution in [2.75, 3.05) is 13.1 Å². The summed E-state index contributed by atoms with van der Waals surface area (Å²) >= 11 is 0. The molecule has 0 aromatic heterocycles. The zero-order valence-electron chi connectivity index (χ0n) is 11.0. The average molecular weight is 295 g/mol. The summed E-state index contributed by atoms with van der Waals surface area (Å²) in [5.41, 5.74) is 0.561. The molecule has 0 unspecified atom stereocenters. The van der Waals surface area contributed by atoms with E-state index in [-0.39, 0.29) is 4.90 Å². The highest BCUT2D eigenvalue weighted by Crippen LogP contribution is 2.21. The normalized spacial score (nSPS) is 17.4. The predicted molar refractivity (Wildman–Crippen MR) is 75.7 cm³/mol. The van der Waals surface area contributed by atoms with Crippen LogP contribution in [-0.4, -0.2) is 36.9 Å². The summed E-state index contributed by atoms with van der Waals surface area (Å²) in [5.74, 6) is -1.06. The number of sulfonamides is 1. The van der Waals surface area contributed by atoms with Crippen LogP contribution in [0.1, 0.15) is 24.8 Å². The molecule has 1 N–H and O–H groups in total. The Morgan fingerprint density at radius 1 is 1.20 bits per heavy atom. The van der Waals surface area contributed by atoms with E-state index in [9.17, 15) is 13.2 Å². The third-order valence-corrected chi connectivity index (χ3v) is 5.12. The van der Waals surface area contributed by atoms with Gasteiger partial charge in [0.05, 0.1) is 4.90 Å². The Morgan fingerprint density at radius 3 is 2.55 bits per heavy atom. The van der Waals surface area contributed by atoms with Crippen LogP contribution in [-0.2, 0) is 14.8 Å². The van der Waals surface area contributed by atoms with Gasteiger partial charge in [0.25, 0.3) is 0 Å². The Balaban J connectivity index is 2.27. The monoisotopic (exact) mass is 295 g/mol. The Morgan fingerprint density at radius 2 is 1.90 bits per heavy atom. The number of carboxylic acid groups (broad SMARTS) is 1. The zero-order valence-corrected chi connectivity index (χ0v) is 11.8. The molecule has 108 valence electrons. The predicted octanol–water partition coefficient (Wildman–Crippen LogP) is 1.96. The number of benzene rings is 1. The topological polar surface area (TPSA) is 74.7 Å². The van der Waals surface area contributed by atoms with Crippen molar-refractivity contribution in [1.82, 2.24) is 4.31 Å². The summed E-state index contributed by atoms with van der Waals surface area (Å²) in [6.45, 7) is 1.11. The van der Waals surface area contributed by atoms with Gasteiger partial charge in [-0.3, -0.25) is 0 Å².